The van der Waals surface area contributed by atoms with Crippen molar-refractivity contribution in [2.75, 3.05) is 12.4 Å². The number of likely N-dealkylation sites (N-methyl/N-ethyl adjacent to an activating group) is 1. The SMILES string of the molecule is CN(C(C)(C)C(=O)OC(C)(C)C)S(=O)(=O)c1ccc(Nc2nn(C(CC#N)C3CC3)c3cc[nH]c(=O)c23)cc1. The van der Waals surface area contributed by atoms with E-state index in [0.29, 0.717) is 28.3 Å². The molecule has 12 heteroatoms. The molecule has 0 amide bonds. The van der Waals surface area contributed by atoms with Crippen LogP contribution in [0.1, 0.15) is 59.9 Å². The molecule has 0 aliphatic heterocycles. The second-order valence-electron chi connectivity index (χ2n) is 11.3. The van der Waals surface area contributed by atoms with Crippen molar-refractivity contribution < 1.29 is 17.9 Å². The number of nitriles is 1. The van der Waals surface area contributed by atoms with E-state index in [2.05, 4.69) is 21.5 Å². The number of hydrogen-bond donors (Lipinski definition) is 2. The number of H-pyrrole nitrogens is 1. The van der Waals surface area contributed by atoms with Crippen molar-refractivity contribution in [3.63, 3.8) is 0 Å². The van der Waals surface area contributed by atoms with Crippen molar-refractivity contribution in [2.45, 2.75) is 76.0 Å². The summed E-state index contributed by atoms with van der Waals surface area (Å²) in [6, 6.07) is 9.83. The summed E-state index contributed by atoms with van der Waals surface area (Å²) in [5.74, 6) is -0.00605. The number of aromatic amines is 1. The number of nitrogens with one attached hydrogen (secondary N) is 2. The third kappa shape index (κ3) is 5.69. The predicted octanol–water partition coefficient (Wildman–Crippen LogP) is 4.07. The Morgan fingerprint density at radius 3 is 2.44 bits per heavy atom. The standard InChI is InChI=1S/C27H34N6O5S/c1-26(2,3)38-25(35)27(4,5)32(6)39(36,37)19-11-9-18(10-12-19)30-23-22-21(14-16-29-24(22)34)33(31-23)20(13-15-28)17-7-8-17/h9-12,14,16-17,20H,7-8,13H2,1-6H3,(H,29,34)(H,30,31). The third-order valence-corrected chi connectivity index (χ3v) is 8.92. The van der Waals surface area contributed by atoms with Crippen LogP contribution in [0.2, 0.25) is 0 Å². The Hall–Kier alpha value is -3.69. The first kappa shape index (κ1) is 28.3. The number of pyridine rings is 1. The van der Waals surface area contributed by atoms with Gasteiger partial charge in [-0.3, -0.25) is 14.3 Å². The molecule has 2 N–H and O–H groups in total. The van der Waals surface area contributed by atoms with Gasteiger partial charge in [-0.15, -0.1) is 0 Å². The molecule has 208 valence electrons. The number of aromatic nitrogens is 3. The molecule has 0 saturated heterocycles. The molecule has 1 atom stereocenters. The molecule has 1 fully saturated rings. The van der Waals surface area contributed by atoms with Crippen molar-refractivity contribution in [1.29, 1.82) is 5.26 Å². The maximum absolute atomic E-state index is 13.4. The second-order valence-corrected chi connectivity index (χ2v) is 13.3. The molecule has 1 aliphatic carbocycles. The average molecular weight is 555 g/mol. The van der Waals surface area contributed by atoms with Crippen molar-refractivity contribution in [3.8, 4) is 6.07 Å². The van der Waals surface area contributed by atoms with Crippen molar-refractivity contribution in [1.82, 2.24) is 19.1 Å². The van der Waals surface area contributed by atoms with E-state index in [1.807, 2.05) is 0 Å². The van der Waals surface area contributed by atoms with E-state index in [9.17, 15) is 23.3 Å². The van der Waals surface area contributed by atoms with Gasteiger partial charge < -0.3 is 15.0 Å². The minimum Gasteiger partial charge on any atom is -0.459 e. The van der Waals surface area contributed by atoms with Crippen LogP contribution in [-0.2, 0) is 19.6 Å². The lowest BCUT2D eigenvalue weighted by atomic mass is 10.1. The number of esters is 1. The zero-order chi connectivity index (χ0) is 28.8. The Morgan fingerprint density at radius 1 is 1.23 bits per heavy atom. The van der Waals surface area contributed by atoms with Gasteiger partial charge in [-0.05, 0) is 83.7 Å². The van der Waals surface area contributed by atoms with Gasteiger partial charge in [0.1, 0.15) is 16.5 Å². The number of anilines is 2. The van der Waals surface area contributed by atoms with Gasteiger partial charge in [-0.25, -0.2) is 8.42 Å². The first-order valence-electron chi connectivity index (χ1n) is 12.7. The molecular weight excluding hydrogens is 520 g/mol. The van der Waals surface area contributed by atoms with Gasteiger partial charge in [0.15, 0.2) is 5.82 Å². The van der Waals surface area contributed by atoms with Gasteiger partial charge in [0, 0.05) is 18.9 Å². The molecule has 0 bridgehead atoms. The van der Waals surface area contributed by atoms with Crippen molar-refractivity contribution in [3.05, 3.63) is 46.9 Å². The summed E-state index contributed by atoms with van der Waals surface area (Å²) in [6.07, 6.45) is 3.86. The Morgan fingerprint density at radius 2 is 1.87 bits per heavy atom. The van der Waals surface area contributed by atoms with E-state index in [1.165, 1.54) is 33.0 Å². The van der Waals surface area contributed by atoms with Crippen LogP contribution in [0, 0.1) is 17.2 Å². The summed E-state index contributed by atoms with van der Waals surface area (Å²) in [7, 11) is -2.70. The number of benzene rings is 1. The maximum Gasteiger partial charge on any atom is 0.327 e. The van der Waals surface area contributed by atoms with Gasteiger partial charge in [0.25, 0.3) is 5.56 Å². The zero-order valence-corrected chi connectivity index (χ0v) is 23.8. The fraction of sp³-hybridized carbons (Fsp3) is 0.481. The Bertz CT molecular complexity index is 1590. The van der Waals surface area contributed by atoms with Crippen LogP contribution in [0.15, 0.2) is 46.2 Å². The van der Waals surface area contributed by atoms with Crippen LogP contribution in [0.4, 0.5) is 11.5 Å². The summed E-state index contributed by atoms with van der Waals surface area (Å²) in [6.45, 7) is 8.15. The third-order valence-electron chi connectivity index (χ3n) is 6.87. The molecule has 0 spiro atoms. The topological polar surface area (TPSA) is 150 Å². The van der Waals surface area contributed by atoms with E-state index in [1.54, 1.807) is 49.8 Å². The smallest absolute Gasteiger partial charge is 0.327 e. The van der Waals surface area contributed by atoms with Crippen molar-refractivity contribution in [2.24, 2.45) is 5.92 Å². The second kappa shape index (κ2) is 10.1. The number of rotatable bonds is 9. The van der Waals surface area contributed by atoms with Crippen LogP contribution in [-0.4, -0.2) is 51.6 Å². The number of fused-ring (bicyclic) bond motifs is 1. The number of ether oxygens (including phenoxy) is 1. The zero-order valence-electron chi connectivity index (χ0n) is 23.0. The quantitative estimate of drug-likeness (QED) is 0.376. The number of carbonyl (C=O) groups is 1. The fourth-order valence-electron chi connectivity index (χ4n) is 4.30. The highest BCUT2D eigenvalue weighted by Crippen LogP contribution is 2.43. The van der Waals surface area contributed by atoms with E-state index < -0.39 is 27.1 Å². The summed E-state index contributed by atoms with van der Waals surface area (Å²) >= 11 is 0. The van der Waals surface area contributed by atoms with Gasteiger partial charge in [-0.1, -0.05) is 0 Å². The highest BCUT2D eigenvalue weighted by atomic mass is 32.2. The van der Waals surface area contributed by atoms with Gasteiger partial charge in [0.05, 0.1) is 28.9 Å². The summed E-state index contributed by atoms with van der Waals surface area (Å²) < 4.78 is 34.9. The highest BCUT2D eigenvalue weighted by Gasteiger charge is 2.42. The van der Waals surface area contributed by atoms with Crippen LogP contribution >= 0.6 is 0 Å². The summed E-state index contributed by atoms with van der Waals surface area (Å²) in [5, 5.41) is 17.5. The highest BCUT2D eigenvalue weighted by molar-refractivity contribution is 7.89. The average Bonchev–Trinajstić information content (AvgIpc) is 3.63. The molecular formula is C27H34N6O5S. The number of carbonyl (C=O) groups excluding carboxylic acids is 1. The Labute approximate surface area is 227 Å². The number of nitrogens with zero attached hydrogens (tertiary/aromatic N) is 4. The molecule has 39 heavy (non-hydrogen) atoms. The lowest BCUT2D eigenvalue weighted by molar-refractivity contribution is -0.164. The number of hydrogen-bond acceptors (Lipinski definition) is 8. The molecule has 1 aliphatic rings. The normalized spacial score (nSPS) is 15.2. The lowest BCUT2D eigenvalue weighted by Gasteiger charge is -2.34. The van der Waals surface area contributed by atoms with Gasteiger partial charge >= 0.3 is 5.97 Å². The number of sulfonamides is 1. The molecule has 4 rings (SSSR count). The Kier molecular flexibility index (Phi) is 7.35. The van der Waals surface area contributed by atoms with Gasteiger partial charge in [0.2, 0.25) is 10.0 Å². The molecule has 2 aromatic heterocycles. The maximum atomic E-state index is 13.4. The van der Waals surface area contributed by atoms with Crippen LogP contribution in [0.3, 0.4) is 0 Å². The lowest BCUT2D eigenvalue weighted by Crippen LogP contribution is -2.52. The first-order valence-corrected chi connectivity index (χ1v) is 14.2. The summed E-state index contributed by atoms with van der Waals surface area (Å²) in [4.78, 5) is 28.1. The Balaban J connectivity index is 1.62. The molecule has 0 radical (unpaired) electrons. The monoisotopic (exact) mass is 554 g/mol. The summed E-state index contributed by atoms with van der Waals surface area (Å²) in [5.41, 5.74) is -1.40. The van der Waals surface area contributed by atoms with Crippen molar-refractivity contribution >= 4 is 38.4 Å². The molecule has 3 aromatic rings. The van der Waals surface area contributed by atoms with E-state index in [4.69, 9.17) is 4.74 Å². The van der Waals surface area contributed by atoms with E-state index in [0.717, 1.165) is 17.1 Å². The molecule has 11 nitrogen and oxygen atoms in total. The minimum atomic E-state index is -4.04. The molecule has 1 saturated carbocycles. The first-order chi connectivity index (χ1) is 18.2. The van der Waals surface area contributed by atoms with Crippen LogP contribution < -0.4 is 10.9 Å². The minimum absolute atomic E-state index is 0.0109. The fourth-order valence-corrected chi connectivity index (χ4v) is 5.78. The van der Waals surface area contributed by atoms with Gasteiger partial charge in [-0.2, -0.15) is 14.7 Å². The predicted molar refractivity (Wildman–Crippen MR) is 147 cm³/mol. The van der Waals surface area contributed by atoms with E-state index >= 15 is 0 Å². The molecule has 2 heterocycles. The molecule has 1 aromatic carbocycles. The van der Waals surface area contributed by atoms with Crippen LogP contribution in [0.25, 0.3) is 10.9 Å². The van der Waals surface area contributed by atoms with Crippen LogP contribution in [0.5, 0.6) is 0 Å². The largest absolute Gasteiger partial charge is 0.459 e. The van der Waals surface area contributed by atoms with E-state index in [-0.39, 0.29) is 22.9 Å². The molecule has 1 unspecified atom stereocenters.